The number of halogens is 2. The summed E-state index contributed by atoms with van der Waals surface area (Å²) in [5, 5.41) is 2.37. The Hall–Kier alpha value is -4.34. The lowest BCUT2D eigenvalue weighted by Crippen LogP contribution is -2.34. The van der Waals surface area contributed by atoms with Gasteiger partial charge in [-0.25, -0.2) is 13.8 Å². The summed E-state index contributed by atoms with van der Waals surface area (Å²) < 4.78 is 43.2. The van der Waals surface area contributed by atoms with Crippen LogP contribution in [0.3, 0.4) is 0 Å². The summed E-state index contributed by atoms with van der Waals surface area (Å²) >= 11 is 0. The minimum absolute atomic E-state index is 0.00522. The van der Waals surface area contributed by atoms with Crippen LogP contribution in [0.1, 0.15) is 28.5 Å². The molecule has 0 fully saturated rings. The molecule has 0 bridgehead atoms. The number of methoxy groups -OCH3 is 1. The second kappa shape index (κ2) is 12.4. The number of carbonyl (C=O) groups excluding carboxylic acids is 3. The molecule has 8 nitrogen and oxygen atoms in total. The van der Waals surface area contributed by atoms with E-state index in [0.717, 1.165) is 24.6 Å². The van der Waals surface area contributed by atoms with Gasteiger partial charge in [-0.2, -0.15) is 0 Å². The first-order valence-electron chi connectivity index (χ1n) is 10.9. The molecule has 0 saturated carbocycles. The highest BCUT2D eigenvalue weighted by Crippen LogP contribution is 2.29. The van der Waals surface area contributed by atoms with E-state index in [1.807, 2.05) is 30.3 Å². The molecule has 188 valence electrons. The number of rotatable bonds is 10. The van der Waals surface area contributed by atoms with E-state index >= 15 is 0 Å². The average molecular weight is 498 g/mol. The molecule has 0 saturated heterocycles. The quantitative estimate of drug-likeness (QED) is 0.427. The van der Waals surface area contributed by atoms with Crippen molar-refractivity contribution in [3.63, 3.8) is 0 Å². The van der Waals surface area contributed by atoms with Crippen LogP contribution in [0.25, 0.3) is 0 Å². The average Bonchev–Trinajstić information content (AvgIpc) is 2.84. The number of hydrogen-bond acceptors (Lipinski definition) is 7. The molecule has 0 aliphatic carbocycles. The number of pyridine rings is 1. The summed E-state index contributed by atoms with van der Waals surface area (Å²) in [6.45, 7) is 0.622. The van der Waals surface area contributed by atoms with Gasteiger partial charge in [-0.15, -0.1) is 0 Å². The van der Waals surface area contributed by atoms with E-state index in [1.165, 1.54) is 25.4 Å². The third kappa shape index (κ3) is 7.33. The van der Waals surface area contributed by atoms with E-state index in [9.17, 15) is 23.2 Å². The van der Waals surface area contributed by atoms with E-state index < -0.39 is 42.1 Å². The predicted molar refractivity (Wildman–Crippen MR) is 125 cm³/mol. The summed E-state index contributed by atoms with van der Waals surface area (Å²) in [6.07, 6.45) is 0.759. The Balaban J connectivity index is 1.70. The summed E-state index contributed by atoms with van der Waals surface area (Å²) in [6, 6.07) is 13.7. The number of nitrogens with one attached hydrogen (secondary N) is 1. The second-order valence-electron chi connectivity index (χ2n) is 7.71. The van der Waals surface area contributed by atoms with Gasteiger partial charge in [0.05, 0.1) is 7.11 Å². The molecule has 10 heteroatoms. The van der Waals surface area contributed by atoms with E-state index in [4.69, 9.17) is 14.2 Å². The van der Waals surface area contributed by atoms with Crippen LogP contribution in [0.5, 0.6) is 11.5 Å². The number of esters is 2. The maximum atomic E-state index is 14.2. The lowest BCUT2D eigenvalue weighted by Gasteiger charge is -2.19. The van der Waals surface area contributed by atoms with Crippen molar-refractivity contribution in [3.8, 4) is 11.5 Å². The number of benzene rings is 2. The zero-order chi connectivity index (χ0) is 26.1. The van der Waals surface area contributed by atoms with E-state index in [-0.39, 0.29) is 35.6 Å². The molecule has 0 aliphatic heterocycles. The highest BCUT2D eigenvalue weighted by Gasteiger charge is 2.23. The lowest BCUT2D eigenvalue weighted by atomic mass is 10.0. The molecule has 3 rings (SSSR count). The van der Waals surface area contributed by atoms with Crippen molar-refractivity contribution >= 4 is 17.8 Å². The van der Waals surface area contributed by atoms with Crippen molar-refractivity contribution in [2.45, 2.75) is 25.9 Å². The van der Waals surface area contributed by atoms with Crippen LogP contribution in [0.4, 0.5) is 8.78 Å². The molecule has 1 atom stereocenters. The van der Waals surface area contributed by atoms with Gasteiger partial charge in [0.25, 0.3) is 5.91 Å². The Labute approximate surface area is 206 Å². The number of hydrogen-bond donors (Lipinski definition) is 1. The molecule has 36 heavy (non-hydrogen) atoms. The molecular weight excluding hydrogens is 474 g/mol. The van der Waals surface area contributed by atoms with Crippen molar-refractivity contribution < 1.29 is 37.4 Å². The first-order chi connectivity index (χ1) is 17.3. The normalized spacial score (nSPS) is 11.3. The second-order valence-corrected chi connectivity index (χ2v) is 7.71. The van der Waals surface area contributed by atoms with Crippen LogP contribution < -0.4 is 14.8 Å². The van der Waals surface area contributed by atoms with Gasteiger partial charge in [0.1, 0.15) is 24.3 Å². The SMILES string of the molecule is COc1ccnc(C(=O)NCC(=O)OC(Cc2ccccc2)Cc2ccc(F)cc2F)c1OC(C)=O. The number of carbonyl (C=O) groups is 3. The standard InChI is InChI=1S/C26H24F2N2O6/c1-16(31)35-25-22(34-2)10-11-29-24(25)26(33)30-15-23(32)36-20(12-17-6-4-3-5-7-17)13-18-8-9-19(27)14-21(18)28/h3-11,14,20H,12-13,15H2,1-2H3,(H,30,33). The molecule has 0 spiro atoms. The van der Waals surface area contributed by atoms with E-state index in [1.54, 1.807) is 0 Å². The molecule has 3 aromatic rings. The molecule has 2 aromatic carbocycles. The van der Waals surface area contributed by atoms with Gasteiger partial charge < -0.3 is 19.5 Å². The van der Waals surface area contributed by atoms with Crippen molar-refractivity contribution in [1.29, 1.82) is 0 Å². The first-order valence-corrected chi connectivity index (χ1v) is 10.9. The summed E-state index contributed by atoms with van der Waals surface area (Å²) in [5.74, 6) is -3.82. The topological polar surface area (TPSA) is 104 Å². The smallest absolute Gasteiger partial charge is 0.325 e. The maximum Gasteiger partial charge on any atom is 0.325 e. The zero-order valence-corrected chi connectivity index (χ0v) is 19.6. The minimum Gasteiger partial charge on any atom is -0.493 e. The van der Waals surface area contributed by atoms with Crippen LogP contribution in [-0.2, 0) is 27.2 Å². The Kier molecular flexibility index (Phi) is 9.04. The Morgan fingerprint density at radius 3 is 2.44 bits per heavy atom. The fourth-order valence-electron chi connectivity index (χ4n) is 3.42. The lowest BCUT2D eigenvalue weighted by molar-refractivity contribution is -0.147. The molecule has 1 aromatic heterocycles. The molecule has 0 radical (unpaired) electrons. The number of aromatic nitrogens is 1. The molecule has 1 N–H and O–H groups in total. The molecule has 1 heterocycles. The summed E-state index contributed by atoms with van der Waals surface area (Å²) in [7, 11) is 1.33. The van der Waals surface area contributed by atoms with Gasteiger partial charge in [0, 0.05) is 38.1 Å². The van der Waals surface area contributed by atoms with Gasteiger partial charge in [0.15, 0.2) is 11.4 Å². The van der Waals surface area contributed by atoms with Crippen LogP contribution >= 0.6 is 0 Å². The summed E-state index contributed by atoms with van der Waals surface area (Å²) in [4.78, 5) is 40.6. The monoisotopic (exact) mass is 498 g/mol. The first kappa shape index (κ1) is 26.3. The Morgan fingerprint density at radius 1 is 1.03 bits per heavy atom. The van der Waals surface area contributed by atoms with Crippen molar-refractivity contribution in [1.82, 2.24) is 10.3 Å². The zero-order valence-electron chi connectivity index (χ0n) is 19.6. The van der Waals surface area contributed by atoms with E-state index in [2.05, 4.69) is 10.3 Å². The fourth-order valence-corrected chi connectivity index (χ4v) is 3.42. The third-order valence-corrected chi connectivity index (χ3v) is 5.01. The third-order valence-electron chi connectivity index (χ3n) is 5.01. The van der Waals surface area contributed by atoms with Crippen LogP contribution in [0, 0.1) is 11.6 Å². The maximum absolute atomic E-state index is 14.2. The molecular formula is C26H24F2N2O6. The van der Waals surface area contributed by atoms with Gasteiger partial charge >= 0.3 is 11.9 Å². The Morgan fingerprint density at radius 2 is 1.78 bits per heavy atom. The van der Waals surface area contributed by atoms with Crippen LogP contribution in [0.2, 0.25) is 0 Å². The highest BCUT2D eigenvalue weighted by molar-refractivity contribution is 5.98. The Bertz CT molecular complexity index is 1240. The van der Waals surface area contributed by atoms with Crippen molar-refractivity contribution in [2.24, 2.45) is 0 Å². The van der Waals surface area contributed by atoms with Crippen LogP contribution in [0.15, 0.2) is 60.8 Å². The van der Waals surface area contributed by atoms with E-state index in [0.29, 0.717) is 0 Å². The number of nitrogens with zero attached hydrogens (tertiary/aromatic N) is 1. The van der Waals surface area contributed by atoms with Gasteiger partial charge in [-0.1, -0.05) is 36.4 Å². The summed E-state index contributed by atoms with van der Waals surface area (Å²) in [5.41, 5.74) is 0.765. The van der Waals surface area contributed by atoms with Crippen molar-refractivity contribution in [3.05, 3.63) is 89.2 Å². The molecule has 1 unspecified atom stereocenters. The van der Waals surface area contributed by atoms with Gasteiger partial charge in [-0.3, -0.25) is 14.4 Å². The fraction of sp³-hybridized carbons (Fsp3) is 0.231. The molecule has 0 aliphatic rings. The predicted octanol–water partition coefficient (Wildman–Crippen LogP) is 3.42. The highest BCUT2D eigenvalue weighted by atomic mass is 19.1. The molecule has 1 amide bonds. The van der Waals surface area contributed by atoms with Gasteiger partial charge in [0.2, 0.25) is 5.75 Å². The minimum atomic E-state index is -0.800. The van der Waals surface area contributed by atoms with Crippen molar-refractivity contribution in [2.75, 3.05) is 13.7 Å². The number of amides is 1. The van der Waals surface area contributed by atoms with Crippen LogP contribution in [-0.4, -0.2) is 42.6 Å². The largest absolute Gasteiger partial charge is 0.493 e. The number of ether oxygens (including phenoxy) is 3. The van der Waals surface area contributed by atoms with Gasteiger partial charge in [-0.05, 0) is 17.2 Å².